The Bertz CT molecular complexity index is 400. The first-order chi connectivity index (χ1) is 7.92. The molecule has 18 heavy (non-hydrogen) atoms. The number of rotatable bonds is 2. The fourth-order valence-electron chi connectivity index (χ4n) is 2.03. The summed E-state index contributed by atoms with van der Waals surface area (Å²) in [5.74, 6) is -1.01. The molecule has 0 aliphatic carbocycles. The smallest absolute Gasteiger partial charge is 0.349 e. The van der Waals surface area contributed by atoms with Crippen molar-refractivity contribution in [2.24, 2.45) is 10.8 Å². The van der Waals surface area contributed by atoms with Crippen LogP contribution in [0.1, 0.15) is 41.5 Å². The quantitative estimate of drug-likeness (QED) is 0.710. The molecular weight excluding hydrogens is 251 g/mol. The average molecular weight is 276 g/mol. The SMILES string of the molecule is COC1(C(C)(C)C)C=C(C(C)(C)C)P(=O)(OC)O1. The predicted octanol–water partition coefficient (Wildman–Crippen LogP) is 4.17. The minimum Gasteiger partial charge on any atom is -0.349 e. The fourth-order valence-corrected chi connectivity index (χ4v) is 4.31. The highest BCUT2D eigenvalue weighted by Crippen LogP contribution is 2.70. The molecule has 1 rings (SSSR count). The Hall–Kier alpha value is -0.150. The molecule has 106 valence electrons. The molecule has 1 aliphatic heterocycles. The third kappa shape index (κ3) is 2.44. The van der Waals surface area contributed by atoms with Crippen LogP contribution in [0.3, 0.4) is 0 Å². The predicted molar refractivity (Wildman–Crippen MR) is 72.4 cm³/mol. The van der Waals surface area contributed by atoms with Gasteiger partial charge in [0.2, 0.25) is 5.79 Å². The highest BCUT2D eigenvalue weighted by molar-refractivity contribution is 7.58. The normalized spacial score (nSPS) is 33.7. The summed E-state index contributed by atoms with van der Waals surface area (Å²) in [6.45, 7) is 11.9. The van der Waals surface area contributed by atoms with Crippen molar-refractivity contribution in [1.82, 2.24) is 0 Å². The van der Waals surface area contributed by atoms with Crippen LogP contribution in [0, 0.1) is 10.8 Å². The number of ether oxygens (including phenoxy) is 1. The van der Waals surface area contributed by atoms with Crippen LogP contribution in [0.15, 0.2) is 11.4 Å². The maximum absolute atomic E-state index is 12.8. The van der Waals surface area contributed by atoms with Gasteiger partial charge in [0.15, 0.2) is 0 Å². The Morgan fingerprint density at radius 3 is 1.89 bits per heavy atom. The van der Waals surface area contributed by atoms with Gasteiger partial charge >= 0.3 is 7.60 Å². The molecule has 0 aromatic rings. The zero-order valence-corrected chi connectivity index (χ0v) is 13.6. The van der Waals surface area contributed by atoms with E-state index in [1.165, 1.54) is 7.11 Å². The van der Waals surface area contributed by atoms with Gasteiger partial charge in [0, 0.05) is 24.9 Å². The lowest BCUT2D eigenvalue weighted by molar-refractivity contribution is -0.188. The van der Waals surface area contributed by atoms with Crippen LogP contribution in [0.5, 0.6) is 0 Å². The lowest BCUT2D eigenvalue weighted by Crippen LogP contribution is -2.42. The number of allylic oxidation sites excluding steroid dienone is 1. The van der Waals surface area contributed by atoms with Crippen molar-refractivity contribution in [3.8, 4) is 0 Å². The topological polar surface area (TPSA) is 44.8 Å². The van der Waals surface area contributed by atoms with Gasteiger partial charge in [0.05, 0.1) is 0 Å². The summed E-state index contributed by atoms with van der Waals surface area (Å²) in [4.78, 5) is 0. The van der Waals surface area contributed by atoms with E-state index in [0.717, 1.165) is 0 Å². The molecule has 4 nitrogen and oxygen atoms in total. The van der Waals surface area contributed by atoms with Gasteiger partial charge in [-0.05, 0) is 11.5 Å². The second-order valence-corrected chi connectivity index (χ2v) is 8.70. The first kappa shape index (κ1) is 15.9. The minimum absolute atomic E-state index is 0.295. The van der Waals surface area contributed by atoms with E-state index in [1.807, 2.05) is 47.6 Å². The summed E-state index contributed by atoms with van der Waals surface area (Å²) in [6.07, 6.45) is 1.83. The first-order valence-electron chi connectivity index (χ1n) is 6.07. The van der Waals surface area contributed by atoms with Crippen molar-refractivity contribution in [2.75, 3.05) is 14.2 Å². The van der Waals surface area contributed by atoms with Crippen molar-refractivity contribution in [3.63, 3.8) is 0 Å². The first-order valence-corrected chi connectivity index (χ1v) is 7.62. The maximum Gasteiger partial charge on any atom is 0.360 e. The second-order valence-electron chi connectivity index (χ2n) is 6.67. The lowest BCUT2D eigenvalue weighted by atomic mass is 9.83. The zero-order chi connectivity index (χ0) is 14.4. The van der Waals surface area contributed by atoms with E-state index in [4.69, 9.17) is 13.8 Å². The molecule has 0 N–H and O–H groups in total. The molecule has 0 radical (unpaired) electrons. The summed E-state index contributed by atoms with van der Waals surface area (Å²) >= 11 is 0. The van der Waals surface area contributed by atoms with Crippen molar-refractivity contribution >= 4 is 7.60 Å². The molecule has 2 unspecified atom stereocenters. The van der Waals surface area contributed by atoms with E-state index in [0.29, 0.717) is 5.31 Å². The third-order valence-corrected chi connectivity index (χ3v) is 5.62. The summed E-state index contributed by atoms with van der Waals surface area (Å²) < 4.78 is 29.3. The molecule has 0 spiro atoms. The fraction of sp³-hybridized carbons (Fsp3) is 0.846. The van der Waals surface area contributed by atoms with E-state index < -0.39 is 13.4 Å². The summed E-state index contributed by atoms with van der Waals surface area (Å²) in [5.41, 5.74) is -0.639. The molecule has 0 saturated carbocycles. The molecule has 0 fully saturated rings. The Kier molecular flexibility index (Phi) is 3.93. The molecule has 0 bridgehead atoms. The van der Waals surface area contributed by atoms with Crippen LogP contribution in [-0.4, -0.2) is 20.0 Å². The number of methoxy groups -OCH3 is 1. The van der Waals surface area contributed by atoms with E-state index >= 15 is 0 Å². The third-order valence-electron chi connectivity index (χ3n) is 3.23. The molecule has 2 atom stereocenters. The second kappa shape index (κ2) is 4.45. The van der Waals surface area contributed by atoms with Crippen molar-refractivity contribution in [2.45, 2.75) is 47.3 Å². The van der Waals surface area contributed by atoms with Gasteiger partial charge in [-0.1, -0.05) is 41.5 Å². The van der Waals surface area contributed by atoms with Crippen molar-refractivity contribution in [3.05, 3.63) is 11.4 Å². The van der Waals surface area contributed by atoms with E-state index in [9.17, 15) is 4.57 Å². The monoisotopic (exact) mass is 276 g/mol. The Morgan fingerprint density at radius 1 is 1.17 bits per heavy atom. The van der Waals surface area contributed by atoms with Crippen LogP contribution >= 0.6 is 7.60 Å². The molecular formula is C13H25O4P. The number of hydrogen-bond acceptors (Lipinski definition) is 4. The molecule has 0 aromatic carbocycles. The van der Waals surface area contributed by atoms with Gasteiger partial charge in [-0.15, -0.1) is 0 Å². The summed E-state index contributed by atoms with van der Waals surface area (Å²) in [5, 5.41) is 0.675. The largest absolute Gasteiger partial charge is 0.360 e. The Morgan fingerprint density at radius 2 is 1.67 bits per heavy atom. The highest BCUT2D eigenvalue weighted by atomic mass is 31.2. The van der Waals surface area contributed by atoms with Gasteiger partial charge < -0.3 is 9.26 Å². The van der Waals surface area contributed by atoms with Crippen molar-refractivity contribution < 1.29 is 18.3 Å². The van der Waals surface area contributed by atoms with Gasteiger partial charge in [-0.2, -0.15) is 0 Å². The minimum atomic E-state index is -3.28. The highest BCUT2D eigenvalue weighted by Gasteiger charge is 2.56. The van der Waals surface area contributed by atoms with Crippen LogP contribution in [0.25, 0.3) is 0 Å². The van der Waals surface area contributed by atoms with Crippen molar-refractivity contribution in [1.29, 1.82) is 0 Å². The van der Waals surface area contributed by atoms with Gasteiger partial charge in [-0.25, -0.2) is 0 Å². The van der Waals surface area contributed by atoms with E-state index in [2.05, 4.69) is 0 Å². The number of hydrogen-bond donors (Lipinski definition) is 0. The molecule has 1 heterocycles. The van der Waals surface area contributed by atoms with Gasteiger partial charge in [0.1, 0.15) is 0 Å². The standard InChI is InChI=1S/C13H25O4P/c1-11(2,3)10-9-13(15-7,12(4,5)6)17-18(10,14)16-8/h9H,1-8H3. The van der Waals surface area contributed by atoms with E-state index in [-0.39, 0.29) is 10.8 Å². The van der Waals surface area contributed by atoms with Crippen LogP contribution in [0.4, 0.5) is 0 Å². The van der Waals surface area contributed by atoms with Crippen LogP contribution < -0.4 is 0 Å². The van der Waals surface area contributed by atoms with E-state index in [1.54, 1.807) is 7.11 Å². The summed E-state index contributed by atoms with van der Waals surface area (Å²) in [6, 6.07) is 0. The van der Waals surface area contributed by atoms with Gasteiger partial charge in [0.25, 0.3) is 0 Å². The molecule has 5 heteroatoms. The Balaban J connectivity index is 3.41. The molecule has 0 aromatic heterocycles. The molecule has 1 aliphatic rings. The van der Waals surface area contributed by atoms with Crippen LogP contribution in [0.2, 0.25) is 0 Å². The zero-order valence-electron chi connectivity index (χ0n) is 12.7. The van der Waals surface area contributed by atoms with Gasteiger partial charge in [-0.3, -0.25) is 9.09 Å². The Labute approximate surface area is 110 Å². The lowest BCUT2D eigenvalue weighted by Gasteiger charge is -2.38. The summed E-state index contributed by atoms with van der Waals surface area (Å²) in [7, 11) is -0.307. The van der Waals surface area contributed by atoms with Crippen LogP contribution in [-0.2, 0) is 18.3 Å². The maximum atomic E-state index is 12.8. The molecule has 0 saturated heterocycles. The molecule has 0 amide bonds. The average Bonchev–Trinajstić information content (AvgIpc) is 2.53.